The van der Waals surface area contributed by atoms with Crippen molar-refractivity contribution >= 4 is 0 Å². The predicted molar refractivity (Wildman–Crippen MR) is 83.2 cm³/mol. The molecule has 0 spiro atoms. The van der Waals surface area contributed by atoms with Crippen molar-refractivity contribution in [2.45, 2.75) is 110 Å². The maximum absolute atomic E-state index is 6.45. The summed E-state index contributed by atoms with van der Waals surface area (Å²) >= 11 is 0. The summed E-state index contributed by atoms with van der Waals surface area (Å²) in [5.74, 6) is 0. The summed E-state index contributed by atoms with van der Waals surface area (Å²) in [5.41, 5.74) is 0.333. The molecule has 2 heteroatoms. The summed E-state index contributed by atoms with van der Waals surface area (Å²) < 4.78 is 0. The van der Waals surface area contributed by atoms with E-state index in [1.54, 1.807) is 0 Å². The van der Waals surface area contributed by atoms with Gasteiger partial charge >= 0.3 is 0 Å². The van der Waals surface area contributed by atoms with Gasteiger partial charge in [0.1, 0.15) is 0 Å². The molecule has 2 nitrogen and oxygen atoms in total. The van der Waals surface area contributed by atoms with Crippen LogP contribution >= 0.6 is 0 Å². The van der Waals surface area contributed by atoms with E-state index in [0.29, 0.717) is 6.10 Å². The third-order valence-corrected chi connectivity index (χ3v) is 4.52. The van der Waals surface area contributed by atoms with Crippen LogP contribution in [0.25, 0.3) is 0 Å². The van der Waals surface area contributed by atoms with E-state index in [4.69, 9.17) is 4.84 Å². The Bertz CT molecular complexity index is 244. The Morgan fingerprint density at radius 1 is 1.00 bits per heavy atom. The third-order valence-electron chi connectivity index (χ3n) is 4.52. The van der Waals surface area contributed by atoms with Gasteiger partial charge in [0.2, 0.25) is 0 Å². The molecule has 1 heterocycles. The molecule has 1 atom stereocenters. The van der Waals surface area contributed by atoms with Crippen LogP contribution in [0.15, 0.2) is 0 Å². The molecule has 0 aromatic carbocycles. The molecule has 0 aliphatic carbocycles. The van der Waals surface area contributed by atoms with Crippen LogP contribution in [-0.2, 0) is 4.84 Å². The van der Waals surface area contributed by atoms with E-state index in [0.717, 1.165) is 6.42 Å². The molecule has 1 saturated heterocycles. The number of unbranched alkanes of at least 4 members (excludes halogenated alkanes) is 2. The number of hydrogen-bond acceptors (Lipinski definition) is 2. The highest BCUT2D eigenvalue weighted by atomic mass is 16.7. The zero-order valence-corrected chi connectivity index (χ0v) is 14.1. The van der Waals surface area contributed by atoms with Crippen molar-refractivity contribution in [3.8, 4) is 0 Å². The van der Waals surface area contributed by atoms with Crippen molar-refractivity contribution < 1.29 is 4.84 Å². The fourth-order valence-corrected chi connectivity index (χ4v) is 3.36. The Morgan fingerprint density at radius 2 is 1.58 bits per heavy atom. The normalized spacial score (nSPS) is 24.3. The van der Waals surface area contributed by atoms with Crippen molar-refractivity contribution in [3.63, 3.8) is 0 Å². The molecule has 114 valence electrons. The zero-order chi connectivity index (χ0) is 14.5. The molecular formula is C17H35NO. The number of hydrogen-bond donors (Lipinski definition) is 0. The minimum atomic E-state index is 0.167. The molecule has 1 aliphatic rings. The van der Waals surface area contributed by atoms with Crippen LogP contribution in [0.2, 0.25) is 0 Å². The first-order valence-electron chi connectivity index (χ1n) is 8.30. The van der Waals surface area contributed by atoms with E-state index in [1.165, 1.54) is 44.9 Å². The van der Waals surface area contributed by atoms with Crippen LogP contribution in [0.5, 0.6) is 0 Å². The number of rotatable bonds is 7. The van der Waals surface area contributed by atoms with E-state index < -0.39 is 0 Å². The summed E-state index contributed by atoms with van der Waals surface area (Å²) in [6, 6.07) is 0. The van der Waals surface area contributed by atoms with Gasteiger partial charge in [0.25, 0.3) is 0 Å². The maximum Gasteiger partial charge on any atom is 0.0791 e. The van der Waals surface area contributed by atoms with Crippen molar-refractivity contribution in [2.24, 2.45) is 0 Å². The fraction of sp³-hybridized carbons (Fsp3) is 1.00. The molecule has 0 bridgehead atoms. The van der Waals surface area contributed by atoms with Crippen LogP contribution in [0.3, 0.4) is 0 Å². The Labute approximate surface area is 120 Å². The third kappa shape index (κ3) is 4.75. The molecule has 19 heavy (non-hydrogen) atoms. The summed E-state index contributed by atoms with van der Waals surface area (Å²) in [6.45, 7) is 13.8. The van der Waals surface area contributed by atoms with Crippen LogP contribution in [-0.4, -0.2) is 22.2 Å². The fourth-order valence-electron chi connectivity index (χ4n) is 3.36. The largest absolute Gasteiger partial charge is 0.295 e. The zero-order valence-electron chi connectivity index (χ0n) is 14.1. The number of nitrogens with zero attached hydrogens (tertiary/aromatic N) is 1. The van der Waals surface area contributed by atoms with Crippen LogP contribution < -0.4 is 0 Å². The second kappa shape index (κ2) is 7.08. The smallest absolute Gasteiger partial charge is 0.0791 e. The van der Waals surface area contributed by atoms with E-state index in [1.807, 2.05) is 0 Å². The van der Waals surface area contributed by atoms with Crippen LogP contribution in [0, 0.1) is 0 Å². The first-order chi connectivity index (χ1) is 8.83. The number of hydroxylamine groups is 2. The predicted octanol–water partition coefficient (Wildman–Crippen LogP) is 5.32. The molecule has 1 aliphatic heterocycles. The van der Waals surface area contributed by atoms with E-state index in [-0.39, 0.29) is 11.1 Å². The van der Waals surface area contributed by atoms with E-state index >= 15 is 0 Å². The van der Waals surface area contributed by atoms with Crippen LogP contribution in [0.1, 0.15) is 92.9 Å². The highest BCUT2D eigenvalue weighted by Crippen LogP contribution is 2.39. The van der Waals surface area contributed by atoms with Crippen molar-refractivity contribution in [2.75, 3.05) is 0 Å². The summed E-state index contributed by atoms with van der Waals surface area (Å²) in [4.78, 5) is 6.45. The molecule has 1 fully saturated rings. The van der Waals surface area contributed by atoms with Gasteiger partial charge in [-0.3, -0.25) is 4.84 Å². The van der Waals surface area contributed by atoms with Gasteiger partial charge in [0.05, 0.1) is 6.10 Å². The Kier molecular flexibility index (Phi) is 6.32. The summed E-state index contributed by atoms with van der Waals surface area (Å²) in [5, 5.41) is 2.32. The lowest BCUT2D eigenvalue weighted by molar-refractivity contribution is -0.306. The molecule has 0 radical (unpaired) electrons. The molecule has 0 N–H and O–H groups in total. The van der Waals surface area contributed by atoms with Gasteiger partial charge in [0.15, 0.2) is 0 Å². The molecular weight excluding hydrogens is 234 g/mol. The van der Waals surface area contributed by atoms with Gasteiger partial charge in [0, 0.05) is 11.1 Å². The SMILES string of the molecule is CCCCCC(CC)ON1C(C)(C)CCCC1(C)C. The Morgan fingerprint density at radius 3 is 2.05 bits per heavy atom. The Balaban J connectivity index is 2.63. The second-order valence-electron chi connectivity index (χ2n) is 7.40. The topological polar surface area (TPSA) is 12.5 Å². The molecule has 0 saturated carbocycles. The van der Waals surface area contributed by atoms with Gasteiger partial charge in [-0.15, -0.1) is 0 Å². The van der Waals surface area contributed by atoms with E-state index in [9.17, 15) is 0 Å². The summed E-state index contributed by atoms with van der Waals surface area (Å²) in [7, 11) is 0. The molecule has 1 rings (SSSR count). The Hall–Kier alpha value is -0.0800. The first-order valence-corrected chi connectivity index (χ1v) is 8.30. The standard InChI is InChI=1S/C17H35NO/c1-7-9-10-12-15(8-2)19-18-16(3,4)13-11-14-17(18,5)6/h15H,7-14H2,1-6H3. The van der Waals surface area contributed by atoms with Gasteiger partial charge in [-0.25, -0.2) is 0 Å². The van der Waals surface area contributed by atoms with Gasteiger partial charge in [-0.2, -0.15) is 5.06 Å². The lowest BCUT2D eigenvalue weighted by atomic mass is 9.82. The van der Waals surface area contributed by atoms with Gasteiger partial charge in [-0.1, -0.05) is 33.1 Å². The lowest BCUT2D eigenvalue weighted by Gasteiger charge is -2.52. The minimum absolute atomic E-state index is 0.167. The average Bonchev–Trinajstić information content (AvgIpc) is 2.31. The summed E-state index contributed by atoms with van der Waals surface area (Å²) in [6.07, 6.45) is 10.4. The van der Waals surface area contributed by atoms with E-state index in [2.05, 4.69) is 46.6 Å². The monoisotopic (exact) mass is 269 g/mol. The van der Waals surface area contributed by atoms with Crippen LogP contribution in [0.4, 0.5) is 0 Å². The highest BCUT2D eigenvalue weighted by molar-refractivity contribution is 4.93. The van der Waals surface area contributed by atoms with Gasteiger partial charge in [-0.05, 0) is 59.8 Å². The minimum Gasteiger partial charge on any atom is -0.295 e. The molecule has 0 amide bonds. The van der Waals surface area contributed by atoms with Gasteiger partial charge < -0.3 is 0 Å². The highest BCUT2D eigenvalue weighted by Gasteiger charge is 2.43. The van der Waals surface area contributed by atoms with Crippen molar-refractivity contribution in [1.29, 1.82) is 0 Å². The first kappa shape index (κ1) is 17.0. The molecule has 0 aromatic rings. The quantitative estimate of drug-likeness (QED) is 0.580. The maximum atomic E-state index is 6.45. The molecule has 1 unspecified atom stereocenters. The second-order valence-corrected chi connectivity index (χ2v) is 7.40. The van der Waals surface area contributed by atoms with Crippen molar-refractivity contribution in [1.82, 2.24) is 5.06 Å². The number of piperidine rings is 1. The van der Waals surface area contributed by atoms with Crippen molar-refractivity contribution in [3.05, 3.63) is 0 Å². The average molecular weight is 269 g/mol. The lowest BCUT2D eigenvalue weighted by Crippen LogP contribution is -2.59. The molecule has 0 aromatic heterocycles.